The summed E-state index contributed by atoms with van der Waals surface area (Å²) < 4.78 is 4.51. The molecule has 0 amide bonds. The smallest absolute Gasteiger partial charge is 0.310 e. The van der Waals surface area contributed by atoms with Crippen molar-refractivity contribution >= 4 is 17.6 Å². The molecule has 0 saturated carbocycles. The summed E-state index contributed by atoms with van der Waals surface area (Å²) in [6.45, 7) is 1.94. The van der Waals surface area contributed by atoms with Crippen LogP contribution in [0.1, 0.15) is 18.3 Å². The molecule has 1 aromatic heterocycles. The van der Waals surface area contributed by atoms with Gasteiger partial charge in [0.05, 0.1) is 13.5 Å². The maximum absolute atomic E-state index is 11.0. The first kappa shape index (κ1) is 10.9. The van der Waals surface area contributed by atoms with E-state index in [0.717, 1.165) is 6.42 Å². The van der Waals surface area contributed by atoms with Gasteiger partial charge in [-0.3, -0.25) is 4.79 Å². The molecule has 4 nitrogen and oxygen atoms in total. The first-order chi connectivity index (χ1) is 6.67. The summed E-state index contributed by atoms with van der Waals surface area (Å²) in [5.74, 6) is 0.323. The number of methoxy groups -OCH3 is 1. The van der Waals surface area contributed by atoms with Crippen molar-refractivity contribution in [1.82, 2.24) is 9.97 Å². The Morgan fingerprint density at radius 3 is 2.86 bits per heavy atom. The van der Waals surface area contributed by atoms with Crippen LogP contribution in [0.2, 0.25) is 5.15 Å². The van der Waals surface area contributed by atoms with Crippen LogP contribution < -0.4 is 0 Å². The van der Waals surface area contributed by atoms with Crippen molar-refractivity contribution < 1.29 is 9.53 Å². The minimum Gasteiger partial charge on any atom is -0.469 e. The van der Waals surface area contributed by atoms with Crippen LogP contribution in [0.3, 0.4) is 0 Å². The van der Waals surface area contributed by atoms with E-state index in [1.54, 1.807) is 6.20 Å². The van der Waals surface area contributed by atoms with Crippen molar-refractivity contribution in [3.8, 4) is 0 Å². The Morgan fingerprint density at radius 2 is 2.36 bits per heavy atom. The summed E-state index contributed by atoms with van der Waals surface area (Å²) in [6, 6.07) is 0. The van der Waals surface area contributed by atoms with E-state index in [0.29, 0.717) is 16.5 Å². The first-order valence-electron chi connectivity index (χ1n) is 4.24. The van der Waals surface area contributed by atoms with Crippen LogP contribution in [-0.2, 0) is 22.4 Å². The lowest BCUT2D eigenvalue weighted by atomic mass is 10.2. The van der Waals surface area contributed by atoms with Crippen LogP contribution in [0, 0.1) is 0 Å². The van der Waals surface area contributed by atoms with Crippen LogP contribution >= 0.6 is 11.6 Å². The average molecular weight is 215 g/mol. The van der Waals surface area contributed by atoms with E-state index in [1.165, 1.54) is 7.11 Å². The number of esters is 1. The van der Waals surface area contributed by atoms with Gasteiger partial charge in [-0.25, -0.2) is 9.97 Å². The average Bonchev–Trinajstić information content (AvgIpc) is 2.20. The van der Waals surface area contributed by atoms with E-state index in [1.807, 2.05) is 6.92 Å². The zero-order chi connectivity index (χ0) is 10.6. The van der Waals surface area contributed by atoms with Crippen LogP contribution in [0.4, 0.5) is 0 Å². The number of aromatic nitrogens is 2. The first-order valence-corrected chi connectivity index (χ1v) is 4.62. The number of carbonyl (C=O) groups excluding carboxylic acids is 1. The highest BCUT2D eigenvalue weighted by Crippen LogP contribution is 2.13. The maximum Gasteiger partial charge on any atom is 0.310 e. The van der Waals surface area contributed by atoms with Crippen molar-refractivity contribution in [2.45, 2.75) is 19.8 Å². The Balaban J connectivity index is 2.83. The van der Waals surface area contributed by atoms with Gasteiger partial charge in [-0.1, -0.05) is 18.5 Å². The van der Waals surface area contributed by atoms with Gasteiger partial charge in [-0.15, -0.1) is 0 Å². The number of rotatable bonds is 3. The fourth-order valence-electron chi connectivity index (χ4n) is 0.936. The highest BCUT2D eigenvalue weighted by Gasteiger charge is 2.09. The molecule has 0 N–H and O–H groups in total. The third-order valence-electron chi connectivity index (χ3n) is 1.74. The Labute approximate surface area is 87.3 Å². The fraction of sp³-hybridized carbons (Fsp3) is 0.444. The molecule has 0 aliphatic carbocycles. The van der Waals surface area contributed by atoms with Gasteiger partial charge in [0.2, 0.25) is 0 Å². The molecular weight excluding hydrogens is 204 g/mol. The molecule has 0 radical (unpaired) electrons. The Hall–Kier alpha value is -1.16. The van der Waals surface area contributed by atoms with Crippen molar-refractivity contribution in [3.05, 3.63) is 22.7 Å². The lowest BCUT2D eigenvalue weighted by molar-refractivity contribution is -0.139. The minimum absolute atomic E-state index is 0.110. The monoisotopic (exact) mass is 214 g/mol. The molecule has 0 saturated heterocycles. The SMILES string of the molecule is CCc1ncc(CC(=O)OC)c(Cl)n1. The van der Waals surface area contributed by atoms with Crippen molar-refractivity contribution in [2.75, 3.05) is 7.11 Å². The quantitative estimate of drug-likeness (QED) is 0.564. The summed E-state index contributed by atoms with van der Waals surface area (Å²) in [4.78, 5) is 19.0. The van der Waals surface area contributed by atoms with Gasteiger partial charge in [0.1, 0.15) is 11.0 Å². The van der Waals surface area contributed by atoms with Crippen molar-refractivity contribution in [2.24, 2.45) is 0 Å². The van der Waals surface area contributed by atoms with Gasteiger partial charge in [0, 0.05) is 18.2 Å². The highest BCUT2D eigenvalue weighted by atomic mass is 35.5. The Bertz CT molecular complexity index is 342. The molecule has 76 valence electrons. The number of nitrogens with zero attached hydrogens (tertiary/aromatic N) is 2. The highest BCUT2D eigenvalue weighted by molar-refractivity contribution is 6.30. The van der Waals surface area contributed by atoms with Crippen molar-refractivity contribution in [3.63, 3.8) is 0 Å². The number of aryl methyl sites for hydroxylation is 1. The molecule has 0 aromatic carbocycles. The molecule has 0 unspecified atom stereocenters. The largest absolute Gasteiger partial charge is 0.469 e. The van der Waals surface area contributed by atoms with Crippen LogP contribution in [-0.4, -0.2) is 23.0 Å². The molecule has 0 spiro atoms. The van der Waals surface area contributed by atoms with E-state index >= 15 is 0 Å². The van der Waals surface area contributed by atoms with Gasteiger partial charge < -0.3 is 4.74 Å². The van der Waals surface area contributed by atoms with Gasteiger partial charge in [-0.05, 0) is 0 Å². The topological polar surface area (TPSA) is 52.1 Å². The second kappa shape index (κ2) is 4.91. The van der Waals surface area contributed by atoms with E-state index in [4.69, 9.17) is 11.6 Å². The lowest BCUT2D eigenvalue weighted by Gasteiger charge is -2.02. The van der Waals surface area contributed by atoms with Crippen LogP contribution in [0.25, 0.3) is 0 Å². The Kier molecular flexibility index (Phi) is 3.83. The van der Waals surface area contributed by atoms with Gasteiger partial charge >= 0.3 is 5.97 Å². The van der Waals surface area contributed by atoms with E-state index in [9.17, 15) is 4.79 Å². The second-order valence-corrected chi connectivity index (χ2v) is 3.07. The molecule has 0 atom stereocenters. The lowest BCUT2D eigenvalue weighted by Crippen LogP contribution is -2.07. The summed E-state index contributed by atoms with van der Waals surface area (Å²) in [5.41, 5.74) is 0.593. The summed E-state index contributed by atoms with van der Waals surface area (Å²) in [7, 11) is 1.33. The van der Waals surface area contributed by atoms with Crippen molar-refractivity contribution in [1.29, 1.82) is 0 Å². The molecule has 1 heterocycles. The third-order valence-corrected chi connectivity index (χ3v) is 2.07. The zero-order valence-electron chi connectivity index (χ0n) is 8.08. The van der Waals surface area contributed by atoms with Crippen LogP contribution in [0.15, 0.2) is 6.20 Å². The number of carbonyl (C=O) groups is 1. The van der Waals surface area contributed by atoms with E-state index in [-0.39, 0.29) is 12.4 Å². The van der Waals surface area contributed by atoms with Crippen LogP contribution in [0.5, 0.6) is 0 Å². The standard InChI is InChI=1S/C9H11ClN2O2/c1-3-7-11-5-6(9(10)12-7)4-8(13)14-2/h5H,3-4H2,1-2H3. The maximum atomic E-state index is 11.0. The Morgan fingerprint density at radius 1 is 1.64 bits per heavy atom. The molecule has 0 aliphatic heterocycles. The van der Waals surface area contributed by atoms with E-state index in [2.05, 4.69) is 14.7 Å². The zero-order valence-corrected chi connectivity index (χ0v) is 8.84. The van der Waals surface area contributed by atoms with Gasteiger partial charge in [0.15, 0.2) is 0 Å². The number of hydrogen-bond donors (Lipinski definition) is 0. The molecule has 0 fully saturated rings. The number of hydrogen-bond acceptors (Lipinski definition) is 4. The molecule has 14 heavy (non-hydrogen) atoms. The summed E-state index contributed by atoms with van der Waals surface area (Å²) in [6.07, 6.45) is 2.39. The molecule has 0 aliphatic rings. The summed E-state index contributed by atoms with van der Waals surface area (Å²) >= 11 is 5.85. The normalized spacial score (nSPS) is 9.93. The minimum atomic E-state index is -0.347. The molecule has 0 bridgehead atoms. The number of ether oxygens (including phenoxy) is 1. The molecule has 1 rings (SSSR count). The second-order valence-electron chi connectivity index (χ2n) is 2.71. The fourth-order valence-corrected chi connectivity index (χ4v) is 1.15. The predicted molar refractivity (Wildman–Crippen MR) is 52.1 cm³/mol. The van der Waals surface area contributed by atoms with E-state index < -0.39 is 0 Å². The number of halogens is 1. The predicted octanol–water partition coefficient (Wildman–Crippen LogP) is 1.41. The molecular formula is C9H11ClN2O2. The summed E-state index contributed by atoms with van der Waals surface area (Å²) in [5, 5.41) is 0.322. The third kappa shape index (κ3) is 2.67. The van der Waals surface area contributed by atoms with Gasteiger partial charge in [0.25, 0.3) is 0 Å². The van der Waals surface area contributed by atoms with Gasteiger partial charge in [-0.2, -0.15) is 0 Å². The molecule has 5 heteroatoms. The molecule has 1 aromatic rings.